The number of amides is 1. The number of methoxy groups -OCH3 is 1. The number of hydrogen-bond donors (Lipinski definition) is 1. The molecule has 140 valence electrons. The maximum atomic E-state index is 12.9. The van der Waals surface area contributed by atoms with Gasteiger partial charge in [-0.25, -0.2) is 8.42 Å². The Labute approximate surface area is 150 Å². The Bertz CT molecular complexity index is 680. The molecule has 0 aromatic heterocycles. The predicted octanol–water partition coefficient (Wildman–Crippen LogP) is 2.79. The van der Waals surface area contributed by atoms with Gasteiger partial charge in [-0.1, -0.05) is 26.2 Å². The molecular weight excluding hydrogens is 340 g/mol. The quantitative estimate of drug-likeness (QED) is 0.751. The van der Waals surface area contributed by atoms with E-state index in [0.717, 1.165) is 38.5 Å². The second-order valence-corrected chi connectivity index (χ2v) is 8.23. The molecule has 0 bridgehead atoms. The van der Waals surface area contributed by atoms with Gasteiger partial charge < -0.3 is 10.1 Å². The van der Waals surface area contributed by atoms with Crippen molar-refractivity contribution < 1.29 is 17.9 Å². The van der Waals surface area contributed by atoms with Crippen molar-refractivity contribution in [3.63, 3.8) is 0 Å². The molecule has 1 saturated heterocycles. The van der Waals surface area contributed by atoms with Crippen LogP contribution in [0.25, 0.3) is 0 Å². The lowest BCUT2D eigenvalue weighted by molar-refractivity contribution is 0.0950. The first-order valence-electron chi connectivity index (χ1n) is 8.97. The Kier molecular flexibility index (Phi) is 7.25. The van der Waals surface area contributed by atoms with Gasteiger partial charge in [0.05, 0.1) is 17.6 Å². The van der Waals surface area contributed by atoms with E-state index < -0.39 is 10.0 Å². The average molecular weight is 368 g/mol. The van der Waals surface area contributed by atoms with Crippen molar-refractivity contribution in [2.45, 2.75) is 50.3 Å². The number of carbonyl (C=O) groups is 1. The number of nitrogens with one attached hydrogen (secondary N) is 1. The summed E-state index contributed by atoms with van der Waals surface area (Å²) in [5, 5.41) is 2.82. The van der Waals surface area contributed by atoms with E-state index >= 15 is 0 Å². The Balaban J connectivity index is 2.29. The predicted molar refractivity (Wildman–Crippen MR) is 97.5 cm³/mol. The fraction of sp³-hybridized carbons (Fsp3) is 0.611. The monoisotopic (exact) mass is 368 g/mol. The minimum atomic E-state index is -3.59. The third kappa shape index (κ3) is 4.95. The molecule has 1 aromatic carbocycles. The fourth-order valence-electron chi connectivity index (χ4n) is 2.93. The molecule has 0 aliphatic carbocycles. The number of rotatable bonds is 7. The van der Waals surface area contributed by atoms with Gasteiger partial charge in [0.1, 0.15) is 5.75 Å². The summed E-state index contributed by atoms with van der Waals surface area (Å²) in [7, 11) is -2.12. The average Bonchev–Trinajstić information content (AvgIpc) is 2.91. The van der Waals surface area contributed by atoms with Crippen LogP contribution in [0.15, 0.2) is 23.1 Å². The van der Waals surface area contributed by atoms with Gasteiger partial charge in [0, 0.05) is 19.6 Å². The molecule has 1 aliphatic rings. The van der Waals surface area contributed by atoms with Crippen molar-refractivity contribution in [1.29, 1.82) is 0 Å². The molecule has 1 heterocycles. The zero-order valence-electron chi connectivity index (χ0n) is 15.1. The van der Waals surface area contributed by atoms with E-state index in [1.807, 2.05) is 6.92 Å². The highest BCUT2D eigenvalue weighted by molar-refractivity contribution is 7.89. The summed E-state index contributed by atoms with van der Waals surface area (Å²) in [4.78, 5) is 12.6. The number of nitrogens with zero attached hydrogens (tertiary/aromatic N) is 1. The van der Waals surface area contributed by atoms with E-state index in [9.17, 15) is 13.2 Å². The first-order chi connectivity index (χ1) is 12.0. The maximum Gasteiger partial charge on any atom is 0.255 e. The molecule has 0 saturated carbocycles. The summed E-state index contributed by atoms with van der Waals surface area (Å²) in [6.07, 6.45) is 5.71. The second kappa shape index (κ2) is 9.20. The zero-order valence-corrected chi connectivity index (χ0v) is 15.9. The molecular formula is C18H28N2O4S. The van der Waals surface area contributed by atoms with Crippen molar-refractivity contribution >= 4 is 15.9 Å². The molecule has 1 aliphatic heterocycles. The van der Waals surface area contributed by atoms with Crippen LogP contribution < -0.4 is 10.1 Å². The van der Waals surface area contributed by atoms with Gasteiger partial charge in [-0.05, 0) is 37.5 Å². The van der Waals surface area contributed by atoms with E-state index in [1.165, 1.54) is 23.5 Å². The number of unbranched alkanes of at least 4 members (excludes halogenated alkanes) is 1. The second-order valence-electron chi connectivity index (χ2n) is 6.29. The smallest absolute Gasteiger partial charge is 0.255 e. The zero-order chi connectivity index (χ0) is 18.3. The third-order valence-electron chi connectivity index (χ3n) is 4.43. The molecule has 0 radical (unpaired) electrons. The van der Waals surface area contributed by atoms with Crippen LogP contribution in [0.2, 0.25) is 0 Å². The number of benzene rings is 1. The Morgan fingerprint density at radius 1 is 1.20 bits per heavy atom. The van der Waals surface area contributed by atoms with Crippen LogP contribution in [-0.4, -0.2) is 45.4 Å². The van der Waals surface area contributed by atoms with Crippen LogP contribution in [0, 0.1) is 0 Å². The summed E-state index contributed by atoms with van der Waals surface area (Å²) < 4.78 is 32.6. The molecule has 0 atom stereocenters. The van der Waals surface area contributed by atoms with Gasteiger partial charge in [-0.2, -0.15) is 4.31 Å². The van der Waals surface area contributed by atoms with Gasteiger partial charge in [0.2, 0.25) is 10.0 Å². The number of ether oxygens (including phenoxy) is 1. The van der Waals surface area contributed by atoms with Crippen molar-refractivity contribution in [1.82, 2.24) is 9.62 Å². The van der Waals surface area contributed by atoms with Crippen LogP contribution in [0.1, 0.15) is 55.8 Å². The Morgan fingerprint density at radius 3 is 2.48 bits per heavy atom. The highest BCUT2D eigenvalue weighted by Crippen LogP contribution is 2.26. The maximum absolute atomic E-state index is 12.9. The summed E-state index contributed by atoms with van der Waals surface area (Å²) in [5.41, 5.74) is 0.259. The Hall–Kier alpha value is -1.60. The van der Waals surface area contributed by atoms with Crippen molar-refractivity contribution in [3.8, 4) is 5.75 Å². The van der Waals surface area contributed by atoms with Gasteiger partial charge in [0.15, 0.2) is 0 Å². The van der Waals surface area contributed by atoms with Gasteiger partial charge >= 0.3 is 0 Å². The van der Waals surface area contributed by atoms with E-state index in [-0.39, 0.29) is 16.4 Å². The molecule has 1 fully saturated rings. The van der Waals surface area contributed by atoms with E-state index in [0.29, 0.717) is 25.4 Å². The molecule has 0 spiro atoms. The Morgan fingerprint density at radius 2 is 1.88 bits per heavy atom. The van der Waals surface area contributed by atoms with Gasteiger partial charge in [0.25, 0.3) is 5.91 Å². The minimum absolute atomic E-state index is 0.149. The highest BCUT2D eigenvalue weighted by Gasteiger charge is 2.27. The molecule has 0 unspecified atom stereocenters. The van der Waals surface area contributed by atoms with E-state index in [1.54, 1.807) is 6.07 Å². The lowest BCUT2D eigenvalue weighted by atomic mass is 10.2. The number of carbonyl (C=O) groups excluding carboxylic acids is 1. The van der Waals surface area contributed by atoms with Crippen LogP contribution in [0.5, 0.6) is 5.75 Å². The third-order valence-corrected chi connectivity index (χ3v) is 6.33. The minimum Gasteiger partial charge on any atom is -0.496 e. The SMILES string of the molecule is CCCCNC(=O)c1cc(S(=O)(=O)N2CCCCCC2)ccc1OC. The first-order valence-corrected chi connectivity index (χ1v) is 10.4. The molecule has 1 N–H and O–H groups in total. The van der Waals surface area contributed by atoms with Crippen molar-refractivity contribution in [2.24, 2.45) is 0 Å². The lowest BCUT2D eigenvalue weighted by Crippen LogP contribution is -2.32. The summed E-state index contributed by atoms with van der Waals surface area (Å²) >= 11 is 0. The molecule has 2 rings (SSSR count). The number of hydrogen-bond acceptors (Lipinski definition) is 4. The largest absolute Gasteiger partial charge is 0.496 e. The summed E-state index contributed by atoms with van der Waals surface area (Å²) in [6.45, 7) is 3.67. The van der Waals surface area contributed by atoms with Crippen LogP contribution in [-0.2, 0) is 10.0 Å². The van der Waals surface area contributed by atoms with E-state index in [2.05, 4.69) is 5.32 Å². The topological polar surface area (TPSA) is 75.7 Å². The van der Waals surface area contributed by atoms with Gasteiger partial charge in [-0.15, -0.1) is 0 Å². The van der Waals surface area contributed by atoms with E-state index in [4.69, 9.17) is 4.74 Å². The lowest BCUT2D eigenvalue weighted by Gasteiger charge is -2.20. The first kappa shape index (κ1) is 19.7. The fourth-order valence-corrected chi connectivity index (χ4v) is 4.47. The number of sulfonamides is 1. The van der Waals surface area contributed by atoms with Crippen molar-refractivity contribution in [3.05, 3.63) is 23.8 Å². The molecule has 1 amide bonds. The molecule has 6 nitrogen and oxygen atoms in total. The standard InChI is InChI=1S/C18H28N2O4S/c1-3-4-11-19-18(21)16-14-15(9-10-17(16)24-2)25(22,23)20-12-7-5-6-8-13-20/h9-10,14H,3-8,11-13H2,1-2H3,(H,19,21). The van der Waals surface area contributed by atoms with Crippen LogP contribution >= 0.6 is 0 Å². The normalized spacial score (nSPS) is 16.2. The summed E-state index contributed by atoms with van der Waals surface area (Å²) in [6, 6.07) is 4.50. The molecule has 7 heteroatoms. The molecule has 1 aromatic rings. The summed E-state index contributed by atoms with van der Waals surface area (Å²) in [5.74, 6) is 0.0713. The molecule has 25 heavy (non-hydrogen) atoms. The highest BCUT2D eigenvalue weighted by atomic mass is 32.2. The van der Waals surface area contributed by atoms with Crippen LogP contribution in [0.4, 0.5) is 0 Å². The van der Waals surface area contributed by atoms with Gasteiger partial charge in [-0.3, -0.25) is 4.79 Å². The van der Waals surface area contributed by atoms with Crippen LogP contribution in [0.3, 0.4) is 0 Å². The van der Waals surface area contributed by atoms with Crippen molar-refractivity contribution in [2.75, 3.05) is 26.7 Å².